The molecule has 20 heavy (non-hydrogen) atoms. The number of rotatable bonds is 5. The summed E-state index contributed by atoms with van der Waals surface area (Å²) in [7, 11) is 0. The summed E-state index contributed by atoms with van der Waals surface area (Å²) in [6, 6.07) is 13.0. The van der Waals surface area contributed by atoms with Gasteiger partial charge in [-0.2, -0.15) is 0 Å². The molecule has 0 unspecified atom stereocenters. The smallest absolute Gasteiger partial charge is 0.119 e. The average molecular weight is 331 g/mol. The minimum absolute atomic E-state index is 0.825. The van der Waals surface area contributed by atoms with E-state index >= 15 is 0 Å². The minimum Gasteiger partial charge on any atom is -0.494 e. The van der Waals surface area contributed by atoms with E-state index in [1.165, 1.54) is 35.1 Å². The van der Waals surface area contributed by atoms with Gasteiger partial charge < -0.3 is 4.74 Å². The molecule has 2 aromatic rings. The van der Waals surface area contributed by atoms with Crippen molar-refractivity contribution in [2.24, 2.45) is 0 Å². The Morgan fingerprint density at radius 3 is 2.55 bits per heavy atom. The second-order valence-electron chi connectivity index (χ2n) is 5.35. The summed E-state index contributed by atoms with van der Waals surface area (Å²) in [5.41, 5.74) is 5.50. The molecule has 0 bridgehead atoms. The highest BCUT2D eigenvalue weighted by Gasteiger charge is 2.18. The van der Waals surface area contributed by atoms with E-state index in [0.717, 1.165) is 29.7 Å². The monoisotopic (exact) mass is 330 g/mol. The number of halogens is 1. The Hall–Kier alpha value is -1.28. The second-order valence-corrected chi connectivity index (χ2v) is 6.27. The van der Waals surface area contributed by atoms with Gasteiger partial charge in [0.05, 0.1) is 6.61 Å². The minimum atomic E-state index is 0.825. The SMILES string of the molecule is CCCCCOc1ccc2c(c1)Cc1cc(Br)ccc1-2. The molecule has 0 saturated heterocycles. The summed E-state index contributed by atoms with van der Waals surface area (Å²) in [4.78, 5) is 0. The van der Waals surface area contributed by atoms with E-state index in [1.54, 1.807) is 0 Å². The van der Waals surface area contributed by atoms with Crippen molar-refractivity contribution < 1.29 is 4.74 Å². The van der Waals surface area contributed by atoms with E-state index in [4.69, 9.17) is 4.74 Å². The highest BCUT2D eigenvalue weighted by Crippen LogP contribution is 2.39. The van der Waals surface area contributed by atoms with Gasteiger partial charge in [-0.15, -0.1) is 0 Å². The lowest BCUT2D eigenvalue weighted by Gasteiger charge is -2.08. The van der Waals surface area contributed by atoms with Crippen molar-refractivity contribution in [2.75, 3.05) is 6.61 Å². The number of benzene rings is 2. The molecule has 0 aromatic heterocycles. The molecule has 0 heterocycles. The third kappa shape index (κ3) is 2.76. The van der Waals surface area contributed by atoms with Crippen molar-refractivity contribution in [3.63, 3.8) is 0 Å². The molecular weight excluding hydrogens is 312 g/mol. The lowest BCUT2D eigenvalue weighted by molar-refractivity contribution is 0.306. The van der Waals surface area contributed by atoms with Gasteiger partial charge in [0, 0.05) is 4.47 Å². The lowest BCUT2D eigenvalue weighted by Crippen LogP contribution is -1.97. The van der Waals surface area contributed by atoms with Crippen LogP contribution in [-0.2, 0) is 6.42 Å². The molecule has 0 atom stereocenters. The standard InChI is InChI=1S/C18H19BrO/c1-2-3-4-9-20-16-6-8-18-14(12-16)10-13-11-15(19)5-7-17(13)18/h5-8,11-12H,2-4,9-10H2,1H3. The number of hydrogen-bond donors (Lipinski definition) is 0. The van der Waals surface area contributed by atoms with Gasteiger partial charge in [-0.3, -0.25) is 0 Å². The van der Waals surface area contributed by atoms with Gasteiger partial charge in [0.15, 0.2) is 0 Å². The van der Waals surface area contributed by atoms with Crippen LogP contribution in [0.2, 0.25) is 0 Å². The van der Waals surface area contributed by atoms with Crippen LogP contribution in [0.15, 0.2) is 40.9 Å². The van der Waals surface area contributed by atoms with Crippen LogP contribution in [0.1, 0.15) is 37.3 Å². The van der Waals surface area contributed by atoms with Crippen LogP contribution in [0, 0.1) is 0 Å². The molecule has 0 aliphatic heterocycles. The normalized spacial score (nSPS) is 12.1. The first-order chi connectivity index (χ1) is 9.78. The Morgan fingerprint density at radius 2 is 1.75 bits per heavy atom. The van der Waals surface area contributed by atoms with E-state index in [2.05, 4.69) is 59.3 Å². The molecule has 1 aliphatic rings. The van der Waals surface area contributed by atoms with Crippen LogP contribution in [0.3, 0.4) is 0 Å². The first kappa shape index (κ1) is 13.7. The van der Waals surface area contributed by atoms with Gasteiger partial charge >= 0.3 is 0 Å². The van der Waals surface area contributed by atoms with Crippen LogP contribution in [0.4, 0.5) is 0 Å². The van der Waals surface area contributed by atoms with Gasteiger partial charge in [0.1, 0.15) is 5.75 Å². The predicted molar refractivity (Wildman–Crippen MR) is 87.4 cm³/mol. The summed E-state index contributed by atoms with van der Waals surface area (Å²) in [6.07, 6.45) is 4.62. The molecule has 0 saturated carbocycles. The predicted octanol–water partition coefficient (Wildman–Crippen LogP) is 5.59. The molecule has 3 rings (SSSR count). The van der Waals surface area contributed by atoms with Crippen molar-refractivity contribution in [3.8, 4) is 16.9 Å². The summed E-state index contributed by atoms with van der Waals surface area (Å²) in [6.45, 7) is 3.04. The summed E-state index contributed by atoms with van der Waals surface area (Å²) in [5, 5.41) is 0. The Labute approximate surface area is 129 Å². The Morgan fingerprint density at radius 1 is 1.00 bits per heavy atom. The fraction of sp³-hybridized carbons (Fsp3) is 0.333. The summed E-state index contributed by atoms with van der Waals surface area (Å²) >= 11 is 3.55. The van der Waals surface area contributed by atoms with E-state index < -0.39 is 0 Å². The molecule has 0 radical (unpaired) electrons. The van der Waals surface area contributed by atoms with Crippen LogP contribution < -0.4 is 4.74 Å². The van der Waals surface area contributed by atoms with Gasteiger partial charge in [-0.05, 0) is 59.4 Å². The third-order valence-electron chi connectivity index (χ3n) is 3.83. The highest BCUT2D eigenvalue weighted by molar-refractivity contribution is 9.10. The lowest BCUT2D eigenvalue weighted by atomic mass is 10.1. The van der Waals surface area contributed by atoms with Crippen molar-refractivity contribution in [2.45, 2.75) is 32.6 Å². The first-order valence-electron chi connectivity index (χ1n) is 7.32. The van der Waals surface area contributed by atoms with Gasteiger partial charge in [0.2, 0.25) is 0 Å². The zero-order valence-corrected chi connectivity index (χ0v) is 13.4. The summed E-state index contributed by atoms with van der Waals surface area (Å²) in [5.74, 6) is 1.01. The number of fused-ring (bicyclic) bond motifs is 3. The Kier molecular flexibility index (Phi) is 4.11. The van der Waals surface area contributed by atoms with E-state index in [-0.39, 0.29) is 0 Å². The maximum Gasteiger partial charge on any atom is 0.119 e. The van der Waals surface area contributed by atoms with Crippen LogP contribution >= 0.6 is 15.9 Å². The largest absolute Gasteiger partial charge is 0.494 e. The highest BCUT2D eigenvalue weighted by atomic mass is 79.9. The van der Waals surface area contributed by atoms with E-state index in [1.807, 2.05) is 0 Å². The zero-order valence-electron chi connectivity index (χ0n) is 11.8. The molecule has 0 N–H and O–H groups in total. The Bertz CT molecular complexity index is 619. The van der Waals surface area contributed by atoms with Crippen molar-refractivity contribution in [1.82, 2.24) is 0 Å². The third-order valence-corrected chi connectivity index (χ3v) is 4.32. The van der Waals surface area contributed by atoms with E-state index in [9.17, 15) is 0 Å². The molecule has 1 nitrogen and oxygen atoms in total. The molecule has 2 heteroatoms. The molecular formula is C18H19BrO. The van der Waals surface area contributed by atoms with Crippen LogP contribution in [0.25, 0.3) is 11.1 Å². The Balaban J connectivity index is 1.76. The molecule has 2 aromatic carbocycles. The summed E-state index contributed by atoms with van der Waals surface area (Å²) < 4.78 is 7.00. The topological polar surface area (TPSA) is 9.23 Å². The molecule has 1 aliphatic carbocycles. The van der Waals surface area contributed by atoms with Crippen molar-refractivity contribution >= 4 is 15.9 Å². The number of unbranched alkanes of at least 4 members (excludes halogenated alkanes) is 2. The van der Waals surface area contributed by atoms with Gasteiger partial charge in [0.25, 0.3) is 0 Å². The maximum absolute atomic E-state index is 5.85. The number of hydrogen-bond acceptors (Lipinski definition) is 1. The van der Waals surface area contributed by atoms with E-state index in [0.29, 0.717) is 0 Å². The van der Waals surface area contributed by atoms with Crippen molar-refractivity contribution in [1.29, 1.82) is 0 Å². The van der Waals surface area contributed by atoms with Gasteiger partial charge in [-0.1, -0.05) is 47.8 Å². The maximum atomic E-state index is 5.85. The zero-order chi connectivity index (χ0) is 13.9. The number of ether oxygens (including phenoxy) is 1. The molecule has 0 amide bonds. The molecule has 0 spiro atoms. The van der Waals surface area contributed by atoms with Crippen molar-refractivity contribution in [3.05, 3.63) is 52.0 Å². The fourth-order valence-corrected chi connectivity index (χ4v) is 3.20. The first-order valence-corrected chi connectivity index (χ1v) is 8.12. The van der Waals surface area contributed by atoms with Gasteiger partial charge in [-0.25, -0.2) is 0 Å². The second kappa shape index (κ2) is 6.01. The molecule has 0 fully saturated rings. The fourth-order valence-electron chi connectivity index (χ4n) is 2.79. The van der Waals surface area contributed by atoms with Crippen LogP contribution in [0.5, 0.6) is 5.75 Å². The van der Waals surface area contributed by atoms with Crippen LogP contribution in [-0.4, -0.2) is 6.61 Å². The average Bonchev–Trinajstić information content (AvgIpc) is 2.80. The quantitative estimate of drug-likeness (QED) is 0.554. The molecule has 104 valence electrons.